The normalized spacial score (nSPS) is 11.8. The summed E-state index contributed by atoms with van der Waals surface area (Å²) < 4.78 is 12.3. The first-order valence-electron chi connectivity index (χ1n) is 15.8. The van der Waals surface area contributed by atoms with Crippen molar-refractivity contribution in [2.75, 3.05) is 0 Å². The van der Waals surface area contributed by atoms with Gasteiger partial charge in [-0.25, -0.2) is 19.9 Å². The lowest BCUT2D eigenvalue weighted by Crippen LogP contribution is -2.00. The van der Waals surface area contributed by atoms with E-state index in [9.17, 15) is 0 Å². The molecule has 0 unspecified atom stereocenters. The maximum absolute atomic E-state index is 6.20. The smallest absolute Gasteiger partial charge is 0.227 e. The van der Waals surface area contributed by atoms with E-state index in [0.29, 0.717) is 23.2 Å². The molecule has 6 heteroatoms. The lowest BCUT2D eigenvalue weighted by molar-refractivity contribution is 0.654. The summed E-state index contributed by atoms with van der Waals surface area (Å²) in [7, 11) is 0. The van der Waals surface area contributed by atoms with Crippen LogP contribution in [-0.2, 0) is 0 Å². The number of rotatable bonds is 4. The third-order valence-corrected chi connectivity index (χ3v) is 9.01. The third kappa shape index (κ3) is 4.13. The second-order valence-electron chi connectivity index (χ2n) is 11.8. The van der Waals surface area contributed by atoms with Gasteiger partial charge in [-0.15, -0.1) is 0 Å². The Morgan fingerprint density at radius 3 is 1.96 bits per heavy atom. The second kappa shape index (κ2) is 10.4. The van der Waals surface area contributed by atoms with Gasteiger partial charge in [-0.1, -0.05) is 103 Å². The Morgan fingerprint density at radius 1 is 0.396 bits per heavy atom. The minimum atomic E-state index is 0.594. The molecular weight excluding hydrogens is 592 g/mol. The first-order valence-corrected chi connectivity index (χ1v) is 15.8. The molecule has 0 N–H and O–H groups in total. The van der Waals surface area contributed by atoms with Crippen LogP contribution in [-0.4, -0.2) is 19.9 Å². The average Bonchev–Trinajstić information content (AvgIpc) is 3.73. The molecule has 0 aliphatic heterocycles. The molecular formula is C42H24N4O2. The van der Waals surface area contributed by atoms with Crippen molar-refractivity contribution < 1.29 is 8.83 Å². The van der Waals surface area contributed by atoms with Gasteiger partial charge in [0, 0.05) is 44.4 Å². The maximum atomic E-state index is 6.20. The molecule has 0 spiro atoms. The van der Waals surface area contributed by atoms with Crippen molar-refractivity contribution in [3.05, 3.63) is 146 Å². The highest BCUT2D eigenvalue weighted by Gasteiger charge is 2.19. The highest BCUT2D eigenvalue weighted by molar-refractivity contribution is 6.15. The number of para-hydroxylation sites is 1. The molecule has 48 heavy (non-hydrogen) atoms. The Hall–Kier alpha value is -6.66. The molecule has 0 saturated heterocycles. The van der Waals surface area contributed by atoms with Gasteiger partial charge in [-0.05, 0) is 58.3 Å². The zero-order chi connectivity index (χ0) is 31.6. The molecule has 0 bridgehead atoms. The quantitative estimate of drug-likeness (QED) is 0.196. The zero-order valence-electron chi connectivity index (χ0n) is 25.5. The molecule has 224 valence electrons. The molecule has 6 nitrogen and oxygen atoms in total. The van der Waals surface area contributed by atoms with E-state index in [4.69, 9.17) is 23.8 Å². The molecule has 0 fully saturated rings. The summed E-state index contributed by atoms with van der Waals surface area (Å²) in [5.41, 5.74) is 8.04. The highest BCUT2D eigenvalue weighted by atomic mass is 16.3. The number of pyridine rings is 1. The van der Waals surface area contributed by atoms with Crippen molar-refractivity contribution in [1.82, 2.24) is 19.9 Å². The molecule has 10 rings (SSSR count). The fraction of sp³-hybridized carbons (Fsp3) is 0. The average molecular weight is 617 g/mol. The van der Waals surface area contributed by atoms with E-state index in [2.05, 4.69) is 65.6 Å². The van der Waals surface area contributed by atoms with Gasteiger partial charge in [0.25, 0.3) is 0 Å². The first kappa shape index (κ1) is 26.5. The van der Waals surface area contributed by atoms with Gasteiger partial charge in [0.1, 0.15) is 16.7 Å². The van der Waals surface area contributed by atoms with Crippen molar-refractivity contribution in [2.24, 2.45) is 0 Å². The van der Waals surface area contributed by atoms with Crippen LogP contribution >= 0.6 is 0 Å². The largest absolute Gasteiger partial charge is 0.456 e. The van der Waals surface area contributed by atoms with Gasteiger partial charge in [0.05, 0.1) is 0 Å². The Kier molecular flexibility index (Phi) is 5.77. The molecule has 0 amide bonds. The van der Waals surface area contributed by atoms with E-state index in [1.54, 1.807) is 6.20 Å². The Morgan fingerprint density at radius 2 is 1.06 bits per heavy atom. The van der Waals surface area contributed by atoms with E-state index >= 15 is 0 Å². The minimum absolute atomic E-state index is 0.594. The molecule has 0 aliphatic rings. The van der Waals surface area contributed by atoms with E-state index < -0.39 is 0 Å². The van der Waals surface area contributed by atoms with Crippen molar-refractivity contribution in [3.63, 3.8) is 0 Å². The Bertz CT molecular complexity index is 2850. The number of benzene rings is 6. The monoisotopic (exact) mass is 616 g/mol. The summed E-state index contributed by atoms with van der Waals surface area (Å²) >= 11 is 0. The van der Waals surface area contributed by atoms with E-state index in [1.807, 2.05) is 78.9 Å². The number of hydrogen-bond acceptors (Lipinski definition) is 6. The van der Waals surface area contributed by atoms with Crippen LogP contribution in [0.2, 0.25) is 0 Å². The summed E-state index contributed by atoms with van der Waals surface area (Å²) in [6.45, 7) is 0. The van der Waals surface area contributed by atoms with Crippen molar-refractivity contribution >= 4 is 54.8 Å². The topological polar surface area (TPSA) is 77.8 Å². The minimum Gasteiger partial charge on any atom is -0.456 e. The number of hydrogen-bond donors (Lipinski definition) is 0. The van der Waals surface area contributed by atoms with Crippen LogP contribution in [0.25, 0.3) is 100 Å². The van der Waals surface area contributed by atoms with Crippen LogP contribution in [0, 0.1) is 0 Å². The van der Waals surface area contributed by atoms with E-state index in [1.165, 1.54) is 0 Å². The third-order valence-electron chi connectivity index (χ3n) is 9.01. The second-order valence-corrected chi connectivity index (χ2v) is 11.8. The van der Waals surface area contributed by atoms with Crippen LogP contribution in [0.1, 0.15) is 0 Å². The van der Waals surface area contributed by atoms with Crippen LogP contribution in [0.3, 0.4) is 0 Å². The predicted octanol–water partition coefficient (Wildman–Crippen LogP) is 10.9. The fourth-order valence-electron chi connectivity index (χ4n) is 6.85. The van der Waals surface area contributed by atoms with Gasteiger partial charge in [0.2, 0.25) is 5.71 Å². The Labute approximate surface area is 274 Å². The SMILES string of the molecule is c1ccc(-c2nc(-c3ccc4c(-c5cccc6oc7ncccc7c56)cccc4c3)nc(-c3cccc4oc5ccccc5c34)n2)cc1. The van der Waals surface area contributed by atoms with Crippen molar-refractivity contribution in [3.8, 4) is 45.3 Å². The molecule has 10 aromatic rings. The van der Waals surface area contributed by atoms with E-state index in [0.717, 1.165) is 76.9 Å². The first-order chi connectivity index (χ1) is 23.8. The van der Waals surface area contributed by atoms with Crippen LogP contribution in [0.5, 0.6) is 0 Å². The molecule has 4 aromatic heterocycles. The summed E-state index contributed by atoms with van der Waals surface area (Å²) in [6, 6.07) is 47.2. The van der Waals surface area contributed by atoms with Crippen molar-refractivity contribution in [2.45, 2.75) is 0 Å². The molecule has 0 saturated carbocycles. The Balaban J connectivity index is 1.17. The van der Waals surface area contributed by atoms with Crippen LogP contribution in [0.4, 0.5) is 0 Å². The van der Waals surface area contributed by atoms with Crippen LogP contribution < -0.4 is 0 Å². The fourth-order valence-corrected chi connectivity index (χ4v) is 6.85. The van der Waals surface area contributed by atoms with E-state index in [-0.39, 0.29) is 0 Å². The van der Waals surface area contributed by atoms with Gasteiger partial charge in [-0.2, -0.15) is 0 Å². The van der Waals surface area contributed by atoms with Gasteiger partial charge >= 0.3 is 0 Å². The van der Waals surface area contributed by atoms with Crippen molar-refractivity contribution in [1.29, 1.82) is 0 Å². The number of nitrogens with zero attached hydrogens (tertiary/aromatic N) is 4. The molecule has 4 heterocycles. The predicted molar refractivity (Wildman–Crippen MR) is 191 cm³/mol. The molecule has 0 radical (unpaired) electrons. The lowest BCUT2D eigenvalue weighted by atomic mass is 9.94. The molecule has 0 aliphatic carbocycles. The summed E-state index contributed by atoms with van der Waals surface area (Å²) in [4.78, 5) is 19.6. The van der Waals surface area contributed by atoms with Gasteiger partial charge in [0.15, 0.2) is 17.5 Å². The highest BCUT2D eigenvalue weighted by Crippen LogP contribution is 2.40. The van der Waals surface area contributed by atoms with Gasteiger partial charge < -0.3 is 8.83 Å². The zero-order valence-corrected chi connectivity index (χ0v) is 25.5. The molecule has 6 aromatic carbocycles. The summed E-state index contributed by atoms with van der Waals surface area (Å²) in [5.74, 6) is 1.81. The van der Waals surface area contributed by atoms with Gasteiger partial charge in [-0.3, -0.25) is 0 Å². The summed E-state index contributed by atoms with van der Waals surface area (Å²) in [5, 5.41) is 6.29. The lowest BCUT2D eigenvalue weighted by Gasteiger charge is -2.12. The standard InChI is InChI=1S/C42H24N4O2/c1-2-10-25(11-3-1)39-44-40(46-41(45-39)32-16-8-19-35-38(32)31-13-4-5-18-34(31)47-35)27-21-22-28-26(24-27)12-6-14-29(28)30-15-7-20-36-37(30)33-17-9-23-43-42(33)48-36/h1-24H. The van der Waals surface area contributed by atoms with Crippen LogP contribution in [0.15, 0.2) is 155 Å². The summed E-state index contributed by atoms with van der Waals surface area (Å²) in [6.07, 6.45) is 1.76. The molecule has 0 atom stereocenters. The number of aromatic nitrogens is 4. The number of fused-ring (bicyclic) bond motifs is 7. The maximum Gasteiger partial charge on any atom is 0.227 e. The number of furan rings is 2.